The van der Waals surface area contributed by atoms with Crippen molar-refractivity contribution in [3.05, 3.63) is 226 Å². The lowest BCUT2D eigenvalue weighted by Crippen LogP contribution is -2.26. The molecule has 0 fully saturated rings. The van der Waals surface area contributed by atoms with Crippen LogP contribution >= 0.6 is 11.3 Å². The molecule has 4 aliphatic rings. The van der Waals surface area contributed by atoms with E-state index in [9.17, 15) is 0 Å². The fourth-order valence-corrected chi connectivity index (χ4v) is 13.8. The van der Waals surface area contributed by atoms with Gasteiger partial charge in [-0.05, 0) is 136 Å². The van der Waals surface area contributed by atoms with E-state index in [0.717, 1.165) is 0 Å². The minimum Gasteiger partial charge on any atom is -0.135 e. The summed E-state index contributed by atoms with van der Waals surface area (Å²) in [5.74, 6) is 0. The Labute approximate surface area is 366 Å². The molecule has 9 aromatic carbocycles. The highest BCUT2D eigenvalue weighted by Gasteiger charge is 2.52. The summed E-state index contributed by atoms with van der Waals surface area (Å²) in [5.41, 5.74) is 26.4. The Morgan fingerprint density at radius 3 is 1.27 bits per heavy atom. The Morgan fingerprint density at radius 2 is 0.726 bits per heavy atom. The molecule has 0 nitrogen and oxygen atoms in total. The topological polar surface area (TPSA) is 0 Å². The van der Waals surface area contributed by atoms with E-state index in [0.29, 0.717) is 0 Å². The zero-order valence-electron chi connectivity index (χ0n) is 35.2. The van der Waals surface area contributed by atoms with E-state index >= 15 is 0 Å². The minimum absolute atomic E-state index is 0.0684. The first kappa shape index (κ1) is 34.9. The molecule has 1 heterocycles. The van der Waals surface area contributed by atoms with Crippen molar-refractivity contribution < 1.29 is 0 Å². The Morgan fingerprint density at radius 1 is 0.306 bits per heavy atom. The first-order chi connectivity index (χ1) is 30.2. The van der Waals surface area contributed by atoms with Crippen molar-refractivity contribution in [2.75, 3.05) is 0 Å². The summed E-state index contributed by atoms with van der Waals surface area (Å²) in [4.78, 5) is 0. The fourth-order valence-electron chi connectivity index (χ4n) is 12.6. The Balaban J connectivity index is 1.02. The van der Waals surface area contributed by atoms with Crippen molar-refractivity contribution in [3.63, 3.8) is 0 Å². The van der Waals surface area contributed by atoms with Gasteiger partial charge in [0.05, 0.1) is 5.41 Å². The van der Waals surface area contributed by atoms with Crippen molar-refractivity contribution in [1.29, 1.82) is 0 Å². The fraction of sp³-hybridized carbons (Fsp3) is 0.115. The summed E-state index contributed by atoms with van der Waals surface area (Å²) in [7, 11) is 0. The van der Waals surface area contributed by atoms with Crippen LogP contribution in [0.3, 0.4) is 0 Å². The smallest absolute Gasteiger partial charge is 0.0726 e. The maximum Gasteiger partial charge on any atom is 0.0726 e. The van der Waals surface area contributed by atoms with E-state index in [4.69, 9.17) is 0 Å². The van der Waals surface area contributed by atoms with Gasteiger partial charge in [0.15, 0.2) is 0 Å². The molecule has 62 heavy (non-hydrogen) atoms. The molecular weight excluding hydrogens is 765 g/mol. The van der Waals surface area contributed by atoms with Gasteiger partial charge in [0.1, 0.15) is 0 Å². The second-order valence-corrected chi connectivity index (χ2v) is 20.2. The molecule has 0 bridgehead atoms. The predicted octanol–water partition coefficient (Wildman–Crippen LogP) is 16.3. The normalized spacial score (nSPS) is 15.8. The van der Waals surface area contributed by atoms with Gasteiger partial charge in [-0.1, -0.05) is 179 Å². The van der Waals surface area contributed by atoms with Gasteiger partial charge < -0.3 is 0 Å². The van der Waals surface area contributed by atoms with Crippen molar-refractivity contribution in [3.8, 4) is 66.8 Å². The van der Waals surface area contributed by atoms with Gasteiger partial charge in [-0.2, -0.15) is 0 Å². The maximum atomic E-state index is 2.56. The van der Waals surface area contributed by atoms with Crippen LogP contribution in [0, 0.1) is 0 Å². The number of rotatable bonds is 2. The molecule has 0 radical (unpaired) electrons. The highest BCUT2D eigenvalue weighted by Crippen LogP contribution is 2.65. The first-order valence-electron chi connectivity index (χ1n) is 22.1. The third kappa shape index (κ3) is 4.18. The molecule has 0 atom stereocenters. The van der Waals surface area contributed by atoms with E-state index in [2.05, 4.69) is 210 Å². The van der Waals surface area contributed by atoms with Crippen LogP contribution in [0.2, 0.25) is 0 Å². The van der Waals surface area contributed by atoms with Crippen LogP contribution in [0.1, 0.15) is 72.2 Å². The summed E-state index contributed by atoms with van der Waals surface area (Å²) in [6, 6.07) is 70.2. The van der Waals surface area contributed by atoms with Crippen molar-refractivity contribution >= 4 is 31.5 Å². The summed E-state index contributed by atoms with van der Waals surface area (Å²) in [6.45, 7) is 9.54. The third-order valence-corrected chi connectivity index (χ3v) is 16.7. The van der Waals surface area contributed by atoms with E-state index in [1.54, 1.807) is 0 Å². The van der Waals surface area contributed by atoms with Crippen molar-refractivity contribution in [1.82, 2.24) is 0 Å². The average Bonchev–Trinajstić information content (AvgIpc) is 4.05. The van der Waals surface area contributed by atoms with E-state index in [-0.39, 0.29) is 10.8 Å². The SMILES string of the molecule is CC1(C)c2ccccc2-c2ccc(-c3ccc4c(c3)C3(c5cc(-c6ccc7c(c6)C(C)(C)c6ccccc6-7)ccc5-4)c4ccccc4-c4c3ccc3c4sc4ccccc43)cc21. The molecule has 0 N–H and O–H groups in total. The number of hydrogen-bond donors (Lipinski definition) is 0. The standard InChI is InChI=1S/C61H42S/c1-59(2)48-17-9-5-13-39(48)41-25-21-35(31-52(41)59)37-23-27-43-44-28-24-38(36-22-26-42-40-14-6-10-18-49(40)60(3,4)53(42)32-36)34-55(44)61(54(43)33-37)50-19-11-7-16-47(50)57-51(61)30-29-46-45-15-8-12-20-56(45)62-58(46)57/h5-34H,1-4H3. The Hall–Kier alpha value is -6.80. The second kappa shape index (κ2) is 11.8. The molecule has 0 unspecified atom stereocenters. The van der Waals surface area contributed by atoms with Crippen LogP contribution in [0.15, 0.2) is 182 Å². The minimum atomic E-state index is -0.495. The van der Waals surface area contributed by atoms with Gasteiger partial charge >= 0.3 is 0 Å². The van der Waals surface area contributed by atoms with Gasteiger partial charge in [-0.15, -0.1) is 11.3 Å². The molecule has 1 spiro atoms. The van der Waals surface area contributed by atoms with E-state index in [1.807, 2.05) is 11.3 Å². The largest absolute Gasteiger partial charge is 0.135 e. The molecule has 1 heteroatoms. The molecule has 1 aromatic heterocycles. The highest BCUT2D eigenvalue weighted by atomic mass is 32.1. The number of thiophene rings is 1. The van der Waals surface area contributed by atoms with Crippen LogP contribution in [-0.2, 0) is 16.2 Å². The van der Waals surface area contributed by atoms with Crippen LogP contribution in [0.5, 0.6) is 0 Å². The molecule has 0 amide bonds. The predicted molar refractivity (Wildman–Crippen MR) is 262 cm³/mol. The lowest BCUT2D eigenvalue weighted by molar-refractivity contribution is 0.660. The summed E-state index contributed by atoms with van der Waals surface area (Å²) >= 11 is 1.95. The van der Waals surface area contributed by atoms with Crippen LogP contribution in [-0.4, -0.2) is 0 Å². The van der Waals surface area contributed by atoms with Crippen LogP contribution in [0.4, 0.5) is 0 Å². The molecule has 292 valence electrons. The zero-order valence-corrected chi connectivity index (χ0v) is 36.0. The second-order valence-electron chi connectivity index (χ2n) is 19.1. The Kier molecular flexibility index (Phi) is 6.61. The lowest BCUT2D eigenvalue weighted by Gasteiger charge is -2.31. The zero-order chi connectivity index (χ0) is 41.3. The Bertz CT molecular complexity index is 3490. The molecule has 4 aliphatic carbocycles. The van der Waals surface area contributed by atoms with Gasteiger partial charge in [0, 0.05) is 36.6 Å². The van der Waals surface area contributed by atoms with Gasteiger partial charge in [-0.25, -0.2) is 0 Å². The van der Waals surface area contributed by atoms with Crippen molar-refractivity contribution in [2.24, 2.45) is 0 Å². The quantitative estimate of drug-likeness (QED) is 0.163. The molecule has 14 rings (SSSR count). The summed E-state index contributed by atoms with van der Waals surface area (Å²) in [6.07, 6.45) is 0. The molecule has 0 aliphatic heterocycles. The van der Waals surface area contributed by atoms with Crippen LogP contribution in [0.25, 0.3) is 86.9 Å². The molecule has 0 saturated carbocycles. The molecule has 0 saturated heterocycles. The van der Waals surface area contributed by atoms with Gasteiger partial charge in [-0.3, -0.25) is 0 Å². The number of hydrogen-bond acceptors (Lipinski definition) is 1. The van der Waals surface area contributed by atoms with Crippen molar-refractivity contribution in [2.45, 2.75) is 43.9 Å². The molecular formula is C61H42S. The summed E-state index contributed by atoms with van der Waals surface area (Å²) < 4.78 is 2.73. The van der Waals surface area contributed by atoms with Gasteiger partial charge in [0.25, 0.3) is 0 Å². The third-order valence-electron chi connectivity index (χ3n) is 15.5. The molecule has 10 aromatic rings. The van der Waals surface area contributed by atoms with E-state index < -0.39 is 5.41 Å². The monoisotopic (exact) mass is 806 g/mol. The first-order valence-corrected chi connectivity index (χ1v) is 22.9. The van der Waals surface area contributed by atoms with E-state index in [1.165, 1.54) is 131 Å². The number of fused-ring (bicyclic) bond motifs is 20. The summed E-state index contributed by atoms with van der Waals surface area (Å²) in [5, 5.41) is 2.69. The lowest BCUT2D eigenvalue weighted by atomic mass is 9.69. The van der Waals surface area contributed by atoms with Crippen LogP contribution < -0.4 is 0 Å². The number of benzene rings is 9. The van der Waals surface area contributed by atoms with Gasteiger partial charge in [0.2, 0.25) is 0 Å². The highest BCUT2D eigenvalue weighted by molar-refractivity contribution is 7.26. The maximum absolute atomic E-state index is 2.56. The average molecular weight is 807 g/mol.